The van der Waals surface area contributed by atoms with Gasteiger partial charge >= 0.3 is 5.97 Å². The Morgan fingerprint density at radius 3 is 2.27 bits per heavy atom. The number of unbranched alkanes of at least 4 members (excludes halogenated alkanes) is 2. The molecule has 37 heavy (non-hydrogen) atoms. The van der Waals surface area contributed by atoms with Gasteiger partial charge in [-0.25, -0.2) is 0 Å². The second kappa shape index (κ2) is 13.5. The van der Waals surface area contributed by atoms with Crippen molar-refractivity contribution >= 4 is 5.97 Å². The molecule has 2 aromatic carbocycles. The third kappa shape index (κ3) is 7.08. The first-order chi connectivity index (χ1) is 17.9. The number of ether oxygens (including phenoxy) is 5. The number of aliphatic hydroxyl groups excluding tert-OH is 1. The standard InChI is InChI=1S/C29H42NO7/c1-30(14-12-29(32)37-16-8-6-7-15-31)13-11-22-19-27(35-4)28(36-5)20-23(22)24(30)17-21-9-10-25(33-2)26(18-21)34-3/h9-10,18-20,24,31H,6-8,11-17H2,1-5H3/q+1/t24-,30+/m1/s1. The third-order valence-corrected chi connectivity index (χ3v) is 7.42. The van der Waals surface area contributed by atoms with Gasteiger partial charge in [-0.2, -0.15) is 0 Å². The first-order valence-electron chi connectivity index (χ1n) is 13.0. The second-order valence-corrected chi connectivity index (χ2v) is 9.75. The molecule has 2 aromatic rings. The number of esters is 1. The molecule has 0 spiro atoms. The van der Waals surface area contributed by atoms with Crippen molar-refractivity contribution in [2.24, 2.45) is 0 Å². The summed E-state index contributed by atoms with van der Waals surface area (Å²) in [6, 6.07) is 10.3. The van der Waals surface area contributed by atoms with Crippen LogP contribution in [0.4, 0.5) is 0 Å². The van der Waals surface area contributed by atoms with Crippen LogP contribution in [0.5, 0.6) is 23.0 Å². The largest absolute Gasteiger partial charge is 0.493 e. The van der Waals surface area contributed by atoms with Gasteiger partial charge in [0.1, 0.15) is 6.04 Å². The number of carbonyl (C=O) groups excluding carboxylic acids is 1. The molecule has 0 aliphatic carbocycles. The summed E-state index contributed by atoms with van der Waals surface area (Å²) < 4.78 is 28.4. The molecule has 0 amide bonds. The van der Waals surface area contributed by atoms with Crippen molar-refractivity contribution in [3.8, 4) is 23.0 Å². The Morgan fingerprint density at radius 2 is 1.59 bits per heavy atom. The van der Waals surface area contributed by atoms with Crippen LogP contribution < -0.4 is 18.9 Å². The predicted molar refractivity (Wildman–Crippen MR) is 142 cm³/mol. The number of nitrogens with zero attached hydrogens (tertiary/aromatic N) is 1. The first-order valence-corrected chi connectivity index (χ1v) is 13.0. The Kier molecular flexibility index (Phi) is 10.5. The fourth-order valence-electron chi connectivity index (χ4n) is 5.16. The van der Waals surface area contributed by atoms with Crippen LogP contribution >= 0.6 is 0 Å². The summed E-state index contributed by atoms with van der Waals surface area (Å²) in [6.45, 7) is 2.13. The van der Waals surface area contributed by atoms with Crippen LogP contribution in [-0.2, 0) is 22.4 Å². The van der Waals surface area contributed by atoms with Crippen molar-refractivity contribution in [2.75, 3.05) is 61.8 Å². The van der Waals surface area contributed by atoms with E-state index in [0.717, 1.165) is 50.0 Å². The molecule has 204 valence electrons. The number of methoxy groups -OCH3 is 4. The molecular formula is C29H42NO7+. The van der Waals surface area contributed by atoms with E-state index >= 15 is 0 Å². The van der Waals surface area contributed by atoms with Gasteiger partial charge < -0.3 is 33.3 Å². The van der Waals surface area contributed by atoms with E-state index < -0.39 is 0 Å². The van der Waals surface area contributed by atoms with Crippen molar-refractivity contribution in [1.82, 2.24) is 0 Å². The van der Waals surface area contributed by atoms with Crippen LogP contribution in [0.25, 0.3) is 0 Å². The maximum Gasteiger partial charge on any atom is 0.311 e. The first kappa shape index (κ1) is 28.6. The minimum absolute atomic E-state index is 0.0963. The molecule has 0 saturated heterocycles. The molecule has 0 radical (unpaired) electrons. The van der Waals surface area contributed by atoms with Crippen LogP contribution in [0.1, 0.15) is 48.4 Å². The highest BCUT2D eigenvalue weighted by molar-refractivity contribution is 5.69. The summed E-state index contributed by atoms with van der Waals surface area (Å²) >= 11 is 0. The molecular weight excluding hydrogens is 474 g/mol. The lowest BCUT2D eigenvalue weighted by Gasteiger charge is -2.46. The van der Waals surface area contributed by atoms with Crippen LogP contribution in [0.3, 0.4) is 0 Å². The lowest BCUT2D eigenvalue weighted by atomic mass is 9.86. The Balaban J connectivity index is 1.87. The van der Waals surface area contributed by atoms with Crippen molar-refractivity contribution < 1.29 is 38.1 Å². The summed E-state index contributed by atoms with van der Waals surface area (Å²) in [7, 11) is 8.81. The maximum atomic E-state index is 12.6. The molecule has 1 heterocycles. The molecule has 1 aliphatic heterocycles. The highest BCUT2D eigenvalue weighted by Crippen LogP contribution is 2.43. The van der Waals surface area contributed by atoms with Crippen LogP contribution in [-0.4, -0.2) is 77.3 Å². The van der Waals surface area contributed by atoms with E-state index in [0.29, 0.717) is 41.3 Å². The van der Waals surface area contributed by atoms with E-state index in [4.69, 9.17) is 28.8 Å². The van der Waals surface area contributed by atoms with E-state index in [-0.39, 0.29) is 18.6 Å². The summed E-state index contributed by atoms with van der Waals surface area (Å²) in [5.74, 6) is 2.65. The molecule has 2 atom stereocenters. The Hall–Kier alpha value is -2.97. The minimum Gasteiger partial charge on any atom is -0.493 e. The molecule has 1 aliphatic rings. The van der Waals surface area contributed by atoms with Gasteiger partial charge in [-0.1, -0.05) is 6.07 Å². The third-order valence-electron chi connectivity index (χ3n) is 7.42. The number of rotatable bonds is 14. The SMILES string of the molecule is COc1ccc(C[C@@H]2c3cc(OC)c(OC)cc3CC[N@@+]2(C)CCC(=O)OCCCCCO)cc1OC. The predicted octanol–water partition coefficient (Wildman–Crippen LogP) is 4.10. The highest BCUT2D eigenvalue weighted by atomic mass is 16.5. The second-order valence-electron chi connectivity index (χ2n) is 9.75. The van der Waals surface area contributed by atoms with Crippen LogP contribution in [0, 0.1) is 0 Å². The van der Waals surface area contributed by atoms with E-state index in [1.54, 1.807) is 28.4 Å². The molecule has 0 saturated carbocycles. The van der Waals surface area contributed by atoms with E-state index in [2.05, 4.69) is 25.2 Å². The van der Waals surface area contributed by atoms with Gasteiger partial charge in [-0.05, 0) is 54.7 Å². The fraction of sp³-hybridized carbons (Fsp3) is 0.552. The lowest BCUT2D eigenvalue weighted by molar-refractivity contribution is -0.940. The van der Waals surface area contributed by atoms with Crippen LogP contribution in [0.15, 0.2) is 30.3 Å². The number of hydrogen-bond acceptors (Lipinski definition) is 7. The number of carbonyl (C=O) groups is 1. The number of benzene rings is 2. The molecule has 8 nitrogen and oxygen atoms in total. The zero-order valence-corrected chi connectivity index (χ0v) is 22.9. The zero-order valence-electron chi connectivity index (χ0n) is 22.9. The molecule has 0 bridgehead atoms. The quantitative estimate of drug-likeness (QED) is 0.230. The monoisotopic (exact) mass is 516 g/mol. The van der Waals surface area contributed by atoms with Crippen molar-refractivity contribution in [3.63, 3.8) is 0 Å². The van der Waals surface area contributed by atoms with E-state index in [9.17, 15) is 4.79 Å². The lowest BCUT2D eigenvalue weighted by Crippen LogP contribution is -2.53. The van der Waals surface area contributed by atoms with Gasteiger partial charge in [-0.15, -0.1) is 0 Å². The average Bonchev–Trinajstić information content (AvgIpc) is 2.92. The highest BCUT2D eigenvalue weighted by Gasteiger charge is 2.40. The average molecular weight is 517 g/mol. The van der Waals surface area contributed by atoms with Gasteiger partial charge in [0.25, 0.3) is 0 Å². The summed E-state index contributed by atoms with van der Waals surface area (Å²) in [4.78, 5) is 12.6. The number of hydrogen-bond donors (Lipinski definition) is 1. The van der Waals surface area contributed by atoms with Crippen LogP contribution in [0.2, 0.25) is 0 Å². The van der Waals surface area contributed by atoms with Crippen molar-refractivity contribution in [1.29, 1.82) is 0 Å². The van der Waals surface area contributed by atoms with Crippen molar-refractivity contribution in [3.05, 3.63) is 47.0 Å². The van der Waals surface area contributed by atoms with Gasteiger partial charge in [0.2, 0.25) is 0 Å². The van der Waals surface area contributed by atoms with Gasteiger partial charge in [0.15, 0.2) is 23.0 Å². The van der Waals surface area contributed by atoms with Gasteiger partial charge in [-0.3, -0.25) is 4.79 Å². The minimum atomic E-state index is -0.175. The van der Waals surface area contributed by atoms with Crippen molar-refractivity contribution in [2.45, 2.75) is 44.6 Å². The maximum absolute atomic E-state index is 12.6. The van der Waals surface area contributed by atoms with Gasteiger partial charge in [0, 0.05) is 25.0 Å². The Morgan fingerprint density at radius 1 is 0.919 bits per heavy atom. The number of fused-ring (bicyclic) bond motifs is 1. The summed E-state index contributed by atoms with van der Waals surface area (Å²) in [5, 5.41) is 8.91. The summed E-state index contributed by atoms with van der Waals surface area (Å²) in [5.41, 5.74) is 3.57. The molecule has 3 rings (SSSR count). The number of likely N-dealkylation sites (N-methyl/N-ethyl adjacent to an activating group) is 1. The molecule has 8 heteroatoms. The van der Waals surface area contributed by atoms with E-state index in [1.807, 2.05) is 12.1 Å². The normalized spacial score (nSPS) is 18.6. The smallest absolute Gasteiger partial charge is 0.311 e. The zero-order chi connectivity index (χ0) is 26.8. The molecule has 1 N–H and O–H groups in total. The molecule has 0 aromatic heterocycles. The molecule has 0 fully saturated rings. The fourth-order valence-corrected chi connectivity index (χ4v) is 5.16. The summed E-state index contributed by atoms with van der Waals surface area (Å²) in [6.07, 6.45) is 4.35. The topological polar surface area (TPSA) is 83.5 Å². The number of quaternary nitrogens is 1. The van der Waals surface area contributed by atoms with Gasteiger partial charge in [0.05, 0.1) is 61.6 Å². The van der Waals surface area contributed by atoms with E-state index in [1.165, 1.54) is 11.1 Å². The molecule has 0 unspecified atom stereocenters. The Bertz CT molecular complexity index is 1040. The number of aliphatic hydroxyl groups is 1. The Labute approximate surface area is 220 Å².